The highest BCUT2D eigenvalue weighted by atomic mass is 16.1. The first-order chi connectivity index (χ1) is 9.79. The molecule has 1 aliphatic rings. The molecule has 0 radical (unpaired) electrons. The minimum atomic E-state index is -0.337. The maximum Gasteiger partial charge on any atom is 0.262 e. The molecule has 0 bridgehead atoms. The molecule has 3 nitrogen and oxygen atoms in total. The number of carbonyl (C=O) groups excluding carboxylic acids is 1. The van der Waals surface area contributed by atoms with E-state index in [1.807, 2.05) is 54.6 Å². The molecule has 0 aromatic heterocycles. The second kappa shape index (κ2) is 7.10. The quantitative estimate of drug-likeness (QED) is 0.671. The van der Waals surface area contributed by atoms with Crippen LogP contribution in [0.1, 0.15) is 18.4 Å². The molecule has 0 spiro atoms. The van der Waals surface area contributed by atoms with Gasteiger partial charge in [-0.25, -0.2) is 0 Å². The van der Waals surface area contributed by atoms with Crippen molar-refractivity contribution in [3.8, 4) is 6.07 Å². The largest absolute Gasteiger partial charge is 0.347 e. The first-order valence-corrected chi connectivity index (χ1v) is 6.60. The average Bonchev–Trinajstić information content (AvgIpc) is 2.52. The lowest BCUT2D eigenvalue weighted by Crippen LogP contribution is -2.24. The average molecular weight is 264 g/mol. The van der Waals surface area contributed by atoms with Crippen LogP contribution < -0.4 is 5.32 Å². The van der Waals surface area contributed by atoms with E-state index in [1.54, 1.807) is 6.08 Å². The fraction of sp³-hybridized carbons (Fsp3) is 0.176. The summed E-state index contributed by atoms with van der Waals surface area (Å²) in [5.41, 5.74) is 2.07. The van der Waals surface area contributed by atoms with Crippen LogP contribution in [0.25, 0.3) is 0 Å². The Morgan fingerprint density at radius 1 is 1.30 bits per heavy atom. The summed E-state index contributed by atoms with van der Waals surface area (Å²) in [5, 5.41) is 11.9. The van der Waals surface area contributed by atoms with Gasteiger partial charge in [0.2, 0.25) is 0 Å². The third-order valence-corrected chi connectivity index (χ3v) is 3.00. The van der Waals surface area contributed by atoms with Crippen molar-refractivity contribution in [3.05, 3.63) is 71.3 Å². The van der Waals surface area contributed by atoms with E-state index in [2.05, 4.69) is 5.32 Å². The van der Waals surface area contributed by atoms with Crippen molar-refractivity contribution in [3.63, 3.8) is 0 Å². The SMILES string of the molecule is N#CC(=CC1=CCCC=C1)C(=O)NCc1ccccc1. The molecule has 1 N–H and O–H groups in total. The Morgan fingerprint density at radius 3 is 2.75 bits per heavy atom. The van der Waals surface area contributed by atoms with Gasteiger partial charge in [-0.05, 0) is 30.1 Å². The summed E-state index contributed by atoms with van der Waals surface area (Å²) in [6.45, 7) is 0.424. The molecule has 1 amide bonds. The van der Waals surface area contributed by atoms with E-state index in [0.717, 1.165) is 24.0 Å². The molecule has 0 fully saturated rings. The number of benzene rings is 1. The number of carbonyl (C=O) groups is 1. The first-order valence-electron chi connectivity index (χ1n) is 6.60. The van der Waals surface area contributed by atoms with Gasteiger partial charge < -0.3 is 5.32 Å². The molecule has 0 saturated carbocycles. The summed E-state index contributed by atoms with van der Waals surface area (Å²) >= 11 is 0. The van der Waals surface area contributed by atoms with Crippen LogP contribution in [-0.4, -0.2) is 5.91 Å². The molecule has 1 aromatic carbocycles. The first kappa shape index (κ1) is 13.8. The van der Waals surface area contributed by atoms with Crippen molar-refractivity contribution in [1.29, 1.82) is 5.26 Å². The fourth-order valence-corrected chi connectivity index (χ4v) is 1.93. The van der Waals surface area contributed by atoms with E-state index in [4.69, 9.17) is 5.26 Å². The zero-order valence-electron chi connectivity index (χ0n) is 11.2. The van der Waals surface area contributed by atoms with Gasteiger partial charge in [0.1, 0.15) is 11.6 Å². The van der Waals surface area contributed by atoms with Gasteiger partial charge in [0.15, 0.2) is 0 Å². The van der Waals surface area contributed by atoms with Crippen LogP contribution >= 0.6 is 0 Å². The summed E-state index contributed by atoms with van der Waals surface area (Å²) < 4.78 is 0. The summed E-state index contributed by atoms with van der Waals surface area (Å²) in [6.07, 6.45) is 9.61. The van der Waals surface area contributed by atoms with Crippen molar-refractivity contribution in [2.75, 3.05) is 0 Å². The van der Waals surface area contributed by atoms with Crippen molar-refractivity contribution in [2.24, 2.45) is 0 Å². The highest BCUT2D eigenvalue weighted by molar-refractivity contribution is 5.97. The molecular weight excluding hydrogens is 248 g/mol. The van der Waals surface area contributed by atoms with Crippen LogP contribution in [0.4, 0.5) is 0 Å². The number of rotatable bonds is 4. The van der Waals surface area contributed by atoms with Crippen LogP contribution in [0.2, 0.25) is 0 Å². The number of hydrogen-bond acceptors (Lipinski definition) is 2. The molecule has 100 valence electrons. The standard InChI is InChI=1S/C17H16N2O/c18-12-16(11-14-7-3-1-4-8-14)17(20)19-13-15-9-5-2-6-10-15/h2-3,5-11H,1,4,13H2,(H,19,20). The summed E-state index contributed by atoms with van der Waals surface area (Å²) in [5.74, 6) is -0.337. The number of nitriles is 1. The molecule has 0 heterocycles. The predicted octanol–water partition coefficient (Wildman–Crippen LogP) is 3.03. The van der Waals surface area contributed by atoms with E-state index in [-0.39, 0.29) is 11.5 Å². The minimum Gasteiger partial charge on any atom is -0.347 e. The lowest BCUT2D eigenvalue weighted by molar-refractivity contribution is -0.117. The predicted molar refractivity (Wildman–Crippen MR) is 78.4 cm³/mol. The molecule has 20 heavy (non-hydrogen) atoms. The summed E-state index contributed by atoms with van der Waals surface area (Å²) in [7, 11) is 0. The molecule has 0 saturated heterocycles. The molecule has 1 aliphatic carbocycles. The second-order valence-electron chi connectivity index (χ2n) is 4.52. The Balaban J connectivity index is 1.99. The van der Waals surface area contributed by atoms with Crippen LogP contribution in [-0.2, 0) is 11.3 Å². The number of nitrogens with one attached hydrogen (secondary N) is 1. The maximum atomic E-state index is 12.0. The molecular formula is C17H16N2O. The smallest absolute Gasteiger partial charge is 0.262 e. The fourth-order valence-electron chi connectivity index (χ4n) is 1.93. The van der Waals surface area contributed by atoms with Crippen LogP contribution in [0.15, 0.2) is 65.8 Å². The number of allylic oxidation sites excluding steroid dienone is 5. The molecule has 2 rings (SSSR count). The van der Waals surface area contributed by atoms with Gasteiger partial charge in [0, 0.05) is 6.54 Å². The zero-order chi connectivity index (χ0) is 14.2. The highest BCUT2D eigenvalue weighted by Gasteiger charge is 2.09. The summed E-state index contributed by atoms with van der Waals surface area (Å²) in [6, 6.07) is 11.6. The van der Waals surface area contributed by atoms with E-state index in [1.165, 1.54) is 0 Å². The van der Waals surface area contributed by atoms with Crippen molar-refractivity contribution < 1.29 is 4.79 Å². The van der Waals surface area contributed by atoms with Crippen LogP contribution in [0, 0.1) is 11.3 Å². The van der Waals surface area contributed by atoms with E-state index >= 15 is 0 Å². The molecule has 0 aliphatic heterocycles. The monoisotopic (exact) mass is 264 g/mol. The lowest BCUT2D eigenvalue weighted by Gasteiger charge is -2.05. The Morgan fingerprint density at radius 2 is 2.10 bits per heavy atom. The number of hydrogen-bond donors (Lipinski definition) is 1. The third kappa shape index (κ3) is 3.96. The Hall–Kier alpha value is -2.60. The van der Waals surface area contributed by atoms with Gasteiger partial charge >= 0.3 is 0 Å². The Kier molecular flexibility index (Phi) is 4.91. The van der Waals surface area contributed by atoms with E-state index in [9.17, 15) is 4.79 Å². The maximum absolute atomic E-state index is 12.0. The molecule has 3 heteroatoms. The van der Waals surface area contributed by atoms with Gasteiger partial charge in [-0.2, -0.15) is 5.26 Å². The highest BCUT2D eigenvalue weighted by Crippen LogP contribution is 2.12. The normalized spacial score (nSPS) is 14.3. The molecule has 0 unspecified atom stereocenters. The Bertz CT molecular complexity index is 604. The van der Waals surface area contributed by atoms with Gasteiger partial charge in [-0.1, -0.05) is 48.6 Å². The second-order valence-corrected chi connectivity index (χ2v) is 4.52. The minimum absolute atomic E-state index is 0.138. The van der Waals surface area contributed by atoms with Gasteiger partial charge in [0.25, 0.3) is 5.91 Å². The zero-order valence-corrected chi connectivity index (χ0v) is 11.2. The van der Waals surface area contributed by atoms with Crippen LogP contribution in [0.5, 0.6) is 0 Å². The molecule has 0 atom stereocenters. The van der Waals surface area contributed by atoms with Gasteiger partial charge in [-0.3, -0.25) is 4.79 Å². The molecule has 1 aromatic rings. The lowest BCUT2D eigenvalue weighted by atomic mass is 10.0. The van der Waals surface area contributed by atoms with E-state index < -0.39 is 0 Å². The summed E-state index contributed by atoms with van der Waals surface area (Å²) in [4.78, 5) is 12.0. The topological polar surface area (TPSA) is 52.9 Å². The van der Waals surface area contributed by atoms with E-state index in [0.29, 0.717) is 6.54 Å². The van der Waals surface area contributed by atoms with Gasteiger partial charge in [0.05, 0.1) is 0 Å². The Labute approximate surface area is 118 Å². The van der Waals surface area contributed by atoms with Crippen molar-refractivity contribution in [2.45, 2.75) is 19.4 Å². The van der Waals surface area contributed by atoms with Gasteiger partial charge in [-0.15, -0.1) is 0 Å². The number of amides is 1. The number of nitrogens with zero attached hydrogens (tertiary/aromatic N) is 1. The van der Waals surface area contributed by atoms with Crippen molar-refractivity contribution >= 4 is 5.91 Å². The third-order valence-electron chi connectivity index (χ3n) is 3.00. The van der Waals surface area contributed by atoms with Crippen molar-refractivity contribution in [1.82, 2.24) is 5.32 Å². The van der Waals surface area contributed by atoms with Crippen LogP contribution in [0.3, 0.4) is 0 Å².